The van der Waals surface area contributed by atoms with Gasteiger partial charge in [0.2, 0.25) is 10.0 Å². The Hall–Kier alpha value is -3.47. The maximum Gasteiger partial charge on any atom is 0.255 e. The number of nitrogens with one attached hydrogen (secondary N) is 2. The number of anilines is 1. The Morgan fingerprint density at radius 1 is 0.971 bits per heavy atom. The molecule has 0 aliphatic rings. The standard InChI is InChI=1S/C24H22N4O4S2/c1-16-14-17(2)27-24(26-16)33-21-9-7-19(8-10-21)28-23(29)18-5-11-22(12-6-18)34(30,31)25-15-20-4-3-13-32-20/h3-14,25H,15H2,1-2H3,(H,28,29). The van der Waals surface area contributed by atoms with E-state index in [1.54, 1.807) is 24.3 Å². The Labute approximate surface area is 201 Å². The van der Waals surface area contributed by atoms with Crippen LogP contribution in [0.2, 0.25) is 0 Å². The smallest absolute Gasteiger partial charge is 0.255 e. The summed E-state index contributed by atoms with van der Waals surface area (Å²) in [6.45, 7) is 3.90. The van der Waals surface area contributed by atoms with Crippen molar-refractivity contribution in [3.8, 4) is 0 Å². The molecule has 2 heterocycles. The van der Waals surface area contributed by atoms with E-state index in [4.69, 9.17) is 4.42 Å². The van der Waals surface area contributed by atoms with E-state index < -0.39 is 10.0 Å². The van der Waals surface area contributed by atoms with Crippen molar-refractivity contribution in [3.63, 3.8) is 0 Å². The minimum atomic E-state index is -3.73. The van der Waals surface area contributed by atoms with E-state index in [0.29, 0.717) is 22.2 Å². The lowest BCUT2D eigenvalue weighted by molar-refractivity contribution is 0.102. The highest BCUT2D eigenvalue weighted by Gasteiger charge is 2.15. The molecule has 174 valence electrons. The number of sulfonamides is 1. The van der Waals surface area contributed by atoms with Crippen LogP contribution in [-0.2, 0) is 16.6 Å². The molecule has 1 amide bonds. The molecular weight excluding hydrogens is 472 g/mol. The van der Waals surface area contributed by atoms with Crippen molar-refractivity contribution in [2.45, 2.75) is 35.3 Å². The average Bonchev–Trinajstić information content (AvgIpc) is 3.32. The summed E-state index contributed by atoms with van der Waals surface area (Å²) in [6, 6.07) is 18.3. The van der Waals surface area contributed by atoms with E-state index in [-0.39, 0.29) is 17.3 Å². The first-order valence-electron chi connectivity index (χ1n) is 10.3. The molecule has 2 N–H and O–H groups in total. The van der Waals surface area contributed by atoms with E-state index in [0.717, 1.165) is 16.3 Å². The third-order valence-corrected chi connectivity index (χ3v) is 7.02. The Morgan fingerprint density at radius 2 is 1.65 bits per heavy atom. The molecule has 2 aromatic carbocycles. The van der Waals surface area contributed by atoms with Gasteiger partial charge in [0.25, 0.3) is 5.91 Å². The van der Waals surface area contributed by atoms with Crippen LogP contribution in [0.1, 0.15) is 27.5 Å². The molecule has 34 heavy (non-hydrogen) atoms. The number of rotatable bonds is 8. The quantitative estimate of drug-likeness (QED) is 0.345. The van der Waals surface area contributed by atoms with Crippen molar-refractivity contribution >= 4 is 33.4 Å². The Balaban J connectivity index is 1.36. The Kier molecular flexibility index (Phi) is 7.11. The van der Waals surface area contributed by atoms with Crippen molar-refractivity contribution in [2.24, 2.45) is 0 Å². The van der Waals surface area contributed by atoms with Gasteiger partial charge < -0.3 is 9.73 Å². The Morgan fingerprint density at radius 3 is 2.26 bits per heavy atom. The van der Waals surface area contributed by atoms with Crippen LogP contribution in [0, 0.1) is 13.8 Å². The SMILES string of the molecule is Cc1cc(C)nc(Sc2ccc(NC(=O)c3ccc(S(=O)(=O)NCc4ccco4)cc3)cc2)n1. The number of aromatic nitrogens is 2. The number of carbonyl (C=O) groups is 1. The molecule has 0 spiro atoms. The fourth-order valence-electron chi connectivity index (χ4n) is 3.10. The first-order valence-corrected chi connectivity index (χ1v) is 12.6. The summed E-state index contributed by atoms with van der Waals surface area (Å²) in [5.41, 5.74) is 2.77. The summed E-state index contributed by atoms with van der Waals surface area (Å²) in [5, 5.41) is 3.48. The van der Waals surface area contributed by atoms with Crippen LogP contribution in [0.4, 0.5) is 5.69 Å². The maximum absolute atomic E-state index is 12.6. The van der Waals surface area contributed by atoms with E-state index in [1.807, 2.05) is 32.0 Å². The Bertz CT molecular complexity index is 1370. The van der Waals surface area contributed by atoms with Gasteiger partial charge in [0, 0.05) is 27.5 Å². The van der Waals surface area contributed by atoms with Gasteiger partial charge in [-0.3, -0.25) is 4.79 Å². The molecule has 0 atom stereocenters. The predicted molar refractivity (Wildman–Crippen MR) is 129 cm³/mol. The average molecular weight is 495 g/mol. The number of hydrogen-bond acceptors (Lipinski definition) is 7. The van der Waals surface area contributed by atoms with Gasteiger partial charge in [-0.1, -0.05) is 0 Å². The molecule has 0 saturated carbocycles. The molecule has 0 bridgehead atoms. The number of aryl methyl sites for hydroxylation is 2. The molecule has 0 unspecified atom stereocenters. The zero-order valence-electron chi connectivity index (χ0n) is 18.5. The molecule has 0 aliphatic carbocycles. The summed E-state index contributed by atoms with van der Waals surface area (Å²) in [5.74, 6) is 0.163. The normalized spacial score (nSPS) is 11.4. The molecule has 0 aliphatic heterocycles. The second-order valence-corrected chi connectivity index (χ2v) is 10.2. The second-order valence-electron chi connectivity index (χ2n) is 7.44. The van der Waals surface area contributed by atoms with Crippen molar-refractivity contribution in [1.29, 1.82) is 0 Å². The topological polar surface area (TPSA) is 114 Å². The van der Waals surface area contributed by atoms with Crippen LogP contribution < -0.4 is 10.0 Å². The fourth-order valence-corrected chi connectivity index (χ4v) is 4.96. The highest BCUT2D eigenvalue weighted by atomic mass is 32.2. The number of furan rings is 1. The number of amides is 1. The van der Waals surface area contributed by atoms with Gasteiger partial charge in [-0.05, 0) is 92.3 Å². The third-order valence-electron chi connectivity index (χ3n) is 4.73. The highest BCUT2D eigenvalue weighted by Crippen LogP contribution is 2.26. The van der Waals surface area contributed by atoms with E-state index in [1.165, 1.54) is 42.3 Å². The zero-order chi connectivity index (χ0) is 24.1. The molecule has 0 saturated heterocycles. The summed E-state index contributed by atoms with van der Waals surface area (Å²) in [6.07, 6.45) is 1.48. The molecule has 0 fully saturated rings. The van der Waals surface area contributed by atoms with Crippen molar-refractivity contribution < 1.29 is 17.6 Å². The van der Waals surface area contributed by atoms with Gasteiger partial charge in [0.15, 0.2) is 5.16 Å². The summed E-state index contributed by atoms with van der Waals surface area (Å²) >= 11 is 1.44. The minimum Gasteiger partial charge on any atom is -0.468 e. The van der Waals surface area contributed by atoms with Crippen molar-refractivity contribution in [2.75, 3.05) is 5.32 Å². The first kappa shape index (κ1) is 23.7. The van der Waals surface area contributed by atoms with Crippen LogP contribution in [0.25, 0.3) is 0 Å². The monoisotopic (exact) mass is 494 g/mol. The third kappa shape index (κ3) is 6.10. The number of nitrogens with zero attached hydrogens (tertiary/aromatic N) is 2. The largest absolute Gasteiger partial charge is 0.468 e. The van der Waals surface area contributed by atoms with E-state index >= 15 is 0 Å². The van der Waals surface area contributed by atoms with Gasteiger partial charge >= 0.3 is 0 Å². The minimum absolute atomic E-state index is 0.0431. The fraction of sp³-hybridized carbons (Fsp3) is 0.125. The molecule has 4 rings (SSSR count). The first-order chi connectivity index (χ1) is 16.3. The van der Waals surface area contributed by atoms with Gasteiger partial charge in [-0.25, -0.2) is 23.1 Å². The van der Waals surface area contributed by atoms with Crippen molar-refractivity contribution in [1.82, 2.24) is 14.7 Å². The lowest BCUT2D eigenvalue weighted by atomic mass is 10.2. The van der Waals surface area contributed by atoms with Crippen LogP contribution in [0.5, 0.6) is 0 Å². The molecule has 10 heteroatoms. The molecule has 2 aromatic heterocycles. The molecule has 4 aromatic rings. The van der Waals surface area contributed by atoms with Crippen LogP contribution in [0.3, 0.4) is 0 Å². The summed E-state index contributed by atoms with van der Waals surface area (Å²) in [7, 11) is -3.73. The van der Waals surface area contributed by atoms with Gasteiger partial charge in [-0.15, -0.1) is 0 Å². The molecule has 0 radical (unpaired) electrons. The lowest BCUT2D eigenvalue weighted by Crippen LogP contribution is -2.23. The zero-order valence-corrected chi connectivity index (χ0v) is 20.1. The maximum atomic E-state index is 12.6. The number of benzene rings is 2. The second kappa shape index (κ2) is 10.2. The van der Waals surface area contributed by atoms with Gasteiger partial charge in [0.05, 0.1) is 17.7 Å². The predicted octanol–water partition coefficient (Wildman–Crippen LogP) is 4.57. The van der Waals surface area contributed by atoms with Crippen molar-refractivity contribution in [3.05, 3.63) is 95.7 Å². The highest BCUT2D eigenvalue weighted by molar-refractivity contribution is 7.99. The number of carbonyl (C=O) groups excluding carboxylic acids is 1. The summed E-state index contributed by atoms with van der Waals surface area (Å²) < 4.78 is 32.5. The lowest BCUT2D eigenvalue weighted by Gasteiger charge is -2.08. The molecule has 8 nitrogen and oxygen atoms in total. The van der Waals surface area contributed by atoms with Gasteiger partial charge in [0.1, 0.15) is 5.76 Å². The number of hydrogen-bond donors (Lipinski definition) is 2. The van der Waals surface area contributed by atoms with Crippen LogP contribution in [-0.4, -0.2) is 24.3 Å². The van der Waals surface area contributed by atoms with Gasteiger partial charge in [-0.2, -0.15) is 0 Å². The molecular formula is C24H22N4O4S2. The van der Waals surface area contributed by atoms with Crippen LogP contribution >= 0.6 is 11.8 Å². The van der Waals surface area contributed by atoms with Crippen LogP contribution in [0.15, 0.2) is 92.4 Å². The van der Waals surface area contributed by atoms with E-state index in [9.17, 15) is 13.2 Å². The summed E-state index contributed by atoms with van der Waals surface area (Å²) in [4.78, 5) is 22.4. The van der Waals surface area contributed by atoms with E-state index in [2.05, 4.69) is 20.0 Å².